The van der Waals surface area contributed by atoms with E-state index in [4.69, 9.17) is 9.47 Å². The first-order valence-corrected chi connectivity index (χ1v) is 6.84. The Kier molecular flexibility index (Phi) is 4.82. The molecule has 0 aliphatic heterocycles. The van der Waals surface area contributed by atoms with E-state index in [1.807, 2.05) is 56.3 Å². The van der Waals surface area contributed by atoms with Crippen molar-refractivity contribution in [3.05, 3.63) is 54.6 Å². The average Bonchev–Trinajstić information content (AvgIpc) is 2.47. The lowest BCUT2D eigenvalue weighted by molar-refractivity contribution is 0.207. The molecule has 21 heavy (non-hydrogen) atoms. The summed E-state index contributed by atoms with van der Waals surface area (Å²) in [6.45, 7) is 3.89. The molecule has 2 aromatic carbocycles. The number of anilines is 1. The number of hydrogen-bond donors (Lipinski definition) is 0. The molecule has 2 aromatic rings. The van der Waals surface area contributed by atoms with E-state index in [0.717, 1.165) is 0 Å². The lowest BCUT2D eigenvalue weighted by Crippen LogP contribution is -2.30. The van der Waals surface area contributed by atoms with Crippen LogP contribution >= 0.6 is 0 Å². The Balaban J connectivity index is 2.16. The van der Waals surface area contributed by atoms with Gasteiger partial charge in [0.15, 0.2) is 0 Å². The molecule has 0 bridgehead atoms. The number of rotatable bonds is 4. The third kappa shape index (κ3) is 3.99. The van der Waals surface area contributed by atoms with E-state index < -0.39 is 6.09 Å². The molecule has 0 spiro atoms. The van der Waals surface area contributed by atoms with Crippen LogP contribution in [-0.2, 0) is 0 Å². The van der Waals surface area contributed by atoms with Crippen molar-refractivity contribution in [1.82, 2.24) is 0 Å². The molecule has 1 amide bonds. The maximum Gasteiger partial charge on any atom is 0.419 e. The third-order valence-corrected chi connectivity index (χ3v) is 2.81. The summed E-state index contributed by atoms with van der Waals surface area (Å²) in [5.41, 5.74) is 0.673. The first kappa shape index (κ1) is 14.9. The highest BCUT2D eigenvalue weighted by molar-refractivity contribution is 5.90. The predicted octanol–water partition coefficient (Wildman–Crippen LogP) is 4.11. The highest BCUT2D eigenvalue weighted by atomic mass is 16.6. The van der Waals surface area contributed by atoms with Gasteiger partial charge in [-0.05, 0) is 38.1 Å². The Morgan fingerprint density at radius 2 is 1.62 bits per heavy atom. The molecular weight excluding hydrogens is 266 g/mol. The van der Waals surface area contributed by atoms with Gasteiger partial charge in [-0.15, -0.1) is 0 Å². The summed E-state index contributed by atoms with van der Waals surface area (Å²) >= 11 is 0. The molecule has 0 saturated heterocycles. The summed E-state index contributed by atoms with van der Waals surface area (Å²) in [4.78, 5) is 13.6. The van der Waals surface area contributed by atoms with E-state index in [1.54, 1.807) is 19.2 Å². The van der Waals surface area contributed by atoms with Crippen LogP contribution in [0.25, 0.3) is 0 Å². The quantitative estimate of drug-likeness (QED) is 0.848. The van der Waals surface area contributed by atoms with Gasteiger partial charge in [-0.2, -0.15) is 0 Å². The van der Waals surface area contributed by atoms with Crippen molar-refractivity contribution in [2.75, 3.05) is 11.9 Å². The molecule has 0 N–H and O–H groups in total. The van der Waals surface area contributed by atoms with Gasteiger partial charge in [0.05, 0.1) is 11.8 Å². The minimum atomic E-state index is -0.457. The summed E-state index contributed by atoms with van der Waals surface area (Å²) in [7, 11) is 1.66. The molecule has 0 atom stereocenters. The Morgan fingerprint density at radius 3 is 2.29 bits per heavy atom. The van der Waals surface area contributed by atoms with E-state index >= 15 is 0 Å². The van der Waals surface area contributed by atoms with Gasteiger partial charge in [-0.1, -0.05) is 30.3 Å². The highest BCUT2D eigenvalue weighted by Gasteiger charge is 2.17. The summed E-state index contributed by atoms with van der Waals surface area (Å²) in [5.74, 6) is 1.16. The number of carbonyl (C=O) groups is 1. The second kappa shape index (κ2) is 6.79. The molecule has 0 unspecified atom stereocenters. The zero-order chi connectivity index (χ0) is 15.2. The maximum absolute atomic E-state index is 12.2. The topological polar surface area (TPSA) is 38.8 Å². The lowest BCUT2D eigenvalue weighted by Gasteiger charge is -2.21. The zero-order valence-corrected chi connectivity index (χ0v) is 12.4. The fraction of sp³-hybridized carbons (Fsp3) is 0.235. The van der Waals surface area contributed by atoms with Crippen LogP contribution in [0.15, 0.2) is 54.6 Å². The van der Waals surface area contributed by atoms with E-state index in [2.05, 4.69) is 0 Å². The van der Waals surface area contributed by atoms with Crippen molar-refractivity contribution in [3.8, 4) is 11.5 Å². The Morgan fingerprint density at radius 1 is 1.00 bits per heavy atom. The van der Waals surface area contributed by atoms with E-state index in [-0.39, 0.29) is 6.10 Å². The normalized spacial score (nSPS) is 10.3. The minimum Gasteiger partial charge on any atom is -0.489 e. The summed E-state index contributed by atoms with van der Waals surface area (Å²) < 4.78 is 11.0. The minimum absolute atomic E-state index is 0.0321. The maximum atomic E-state index is 12.2. The van der Waals surface area contributed by atoms with E-state index in [0.29, 0.717) is 17.2 Å². The van der Waals surface area contributed by atoms with Gasteiger partial charge in [0, 0.05) is 7.05 Å². The molecule has 4 nitrogen and oxygen atoms in total. The number of carbonyl (C=O) groups excluding carboxylic acids is 1. The number of nitrogens with zero attached hydrogens (tertiary/aromatic N) is 1. The predicted molar refractivity (Wildman–Crippen MR) is 83.1 cm³/mol. The molecule has 0 fully saturated rings. The molecule has 110 valence electrons. The van der Waals surface area contributed by atoms with Crippen molar-refractivity contribution >= 4 is 11.8 Å². The Bertz CT molecular complexity index is 596. The van der Waals surface area contributed by atoms with Gasteiger partial charge in [-0.3, -0.25) is 4.90 Å². The van der Waals surface area contributed by atoms with Gasteiger partial charge >= 0.3 is 6.09 Å². The summed E-state index contributed by atoms with van der Waals surface area (Å²) in [6.07, 6.45) is -0.425. The van der Waals surface area contributed by atoms with Crippen molar-refractivity contribution in [2.45, 2.75) is 20.0 Å². The number of benzene rings is 2. The number of ether oxygens (including phenoxy) is 2. The number of hydrogen-bond acceptors (Lipinski definition) is 3. The van der Waals surface area contributed by atoms with Crippen LogP contribution in [0.5, 0.6) is 11.5 Å². The van der Waals surface area contributed by atoms with E-state index in [1.165, 1.54) is 4.90 Å². The average molecular weight is 285 g/mol. The van der Waals surface area contributed by atoms with Crippen LogP contribution in [0.2, 0.25) is 0 Å². The van der Waals surface area contributed by atoms with Gasteiger partial charge in [0.25, 0.3) is 0 Å². The van der Waals surface area contributed by atoms with E-state index in [9.17, 15) is 4.79 Å². The summed E-state index contributed by atoms with van der Waals surface area (Å²) in [5, 5.41) is 0. The molecule has 0 aliphatic rings. The fourth-order valence-electron chi connectivity index (χ4n) is 1.84. The van der Waals surface area contributed by atoms with Gasteiger partial charge in [0.1, 0.15) is 11.5 Å². The van der Waals surface area contributed by atoms with Crippen molar-refractivity contribution in [3.63, 3.8) is 0 Å². The zero-order valence-electron chi connectivity index (χ0n) is 12.4. The Hall–Kier alpha value is -2.49. The molecule has 0 radical (unpaired) electrons. The smallest absolute Gasteiger partial charge is 0.419 e. The second-order valence-corrected chi connectivity index (χ2v) is 4.87. The molecule has 2 rings (SSSR count). The molecule has 0 aromatic heterocycles. The standard InChI is InChI=1S/C17H19NO3/c1-13(2)20-16-12-8-7-11-15(16)18(3)17(19)21-14-9-5-4-6-10-14/h4-13H,1-3H3. The fourth-order valence-corrected chi connectivity index (χ4v) is 1.84. The highest BCUT2D eigenvalue weighted by Crippen LogP contribution is 2.28. The van der Waals surface area contributed by atoms with Gasteiger partial charge < -0.3 is 9.47 Å². The van der Waals surface area contributed by atoms with Crippen LogP contribution < -0.4 is 14.4 Å². The van der Waals surface area contributed by atoms with Crippen molar-refractivity contribution < 1.29 is 14.3 Å². The first-order valence-electron chi connectivity index (χ1n) is 6.84. The van der Waals surface area contributed by atoms with Gasteiger partial charge in [0.2, 0.25) is 0 Å². The molecule has 4 heteroatoms. The SMILES string of the molecule is CC(C)Oc1ccccc1N(C)C(=O)Oc1ccccc1. The third-order valence-electron chi connectivity index (χ3n) is 2.81. The van der Waals surface area contributed by atoms with Crippen LogP contribution in [0.4, 0.5) is 10.5 Å². The lowest BCUT2D eigenvalue weighted by atomic mass is 10.2. The molecular formula is C17H19NO3. The van der Waals surface area contributed by atoms with Gasteiger partial charge in [-0.25, -0.2) is 4.79 Å². The number of amides is 1. The largest absolute Gasteiger partial charge is 0.489 e. The number of para-hydroxylation sites is 3. The molecule has 0 saturated carbocycles. The molecule has 0 heterocycles. The van der Waals surface area contributed by atoms with Crippen LogP contribution in [0.3, 0.4) is 0 Å². The van der Waals surface area contributed by atoms with Crippen molar-refractivity contribution in [1.29, 1.82) is 0 Å². The molecule has 0 aliphatic carbocycles. The second-order valence-electron chi connectivity index (χ2n) is 4.87. The van der Waals surface area contributed by atoms with Crippen molar-refractivity contribution in [2.24, 2.45) is 0 Å². The summed E-state index contributed by atoms with van der Waals surface area (Å²) in [6, 6.07) is 16.4. The van der Waals surface area contributed by atoms with Crippen LogP contribution in [0.1, 0.15) is 13.8 Å². The van der Waals surface area contributed by atoms with Crippen LogP contribution in [-0.4, -0.2) is 19.2 Å². The van der Waals surface area contributed by atoms with Crippen LogP contribution in [0, 0.1) is 0 Å². The monoisotopic (exact) mass is 285 g/mol. The first-order chi connectivity index (χ1) is 10.1. The Labute approximate surface area is 124 Å².